The van der Waals surface area contributed by atoms with Crippen LogP contribution in [0.3, 0.4) is 0 Å². The van der Waals surface area contributed by atoms with Crippen molar-refractivity contribution < 1.29 is 21.6 Å². The van der Waals surface area contributed by atoms with Gasteiger partial charge in [-0.3, -0.25) is 0 Å². The number of nitrogens with one attached hydrogen (secondary N) is 1. The number of nitrogens with zero attached hydrogens (tertiary/aromatic N) is 2. The first-order chi connectivity index (χ1) is 12.8. The van der Waals surface area contributed by atoms with Crippen molar-refractivity contribution in [2.75, 3.05) is 18.4 Å². The van der Waals surface area contributed by atoms with Crippen molar-refractivity contribution in [3.63, 3.8) is 0 Å². The number of halogens is 3. The van der Waals surface area contributed by atoms with Crippen LogP contribution in [-0.2, 0) is 22.7 Å². The van der Waals surface area contributed by atoms with Gasteiger partial charge in [-0.15, -0.1) is 0 Å². The second kappa shape index (κ2) is 7.85. The van der Waals surface area contributed by atoms with Gasteiger partial charge in [0.05, 0.1) is 10.5 Å². The van der Waals surface area contributed by atoms with Gasteiger partial charge in [-0.05, 0) is 36.6 Å². The predicted molar refractivity (Wildman–Crippen MR) is 95.6 cm³/mol. The van der Waals surface area contributed by atoms with Gasteiger partial charge in [-0.25, -0.2) is 13.4 Å². The molecular formula is C18H20F3N3O2S. The summed E-state index contributed by atoms with van der Waals surface area (Å²) in [5.74, 6) is 0.0370. The monoisotopic (exact) mass is 399 g/mol. The van der Waals surface area contributed by atoms with Crippen molar-refractivity contribution in [3.8, 4) is 0 Å². The number of piperidine rings is 1. The Kier molecular flexibility index (Phi) is 5.71. The molecule has 5 nitrogen and oxygen atoms in total. The molecule has 1 aliphatic heterocycles. The van der Waals surface area contributed by atoms with Gasteiger partial charge < -0.3 is 5.32 Å². The number of pyridine rings is 1. The molecule has 1 saturated heterocycles. The molecule has 1 aromatic heterocycles. The molecular weight excluding hydrogens is 379 g/mol. The maximum Gasteiger partial charge on any atom is 0.416 e. The highest BCUT2D eigenvalue weighted by molar-refractivity contribution is 7.89. The van der Waals surface area contributed by atoms with Crippen LogP contribution < -0.4 is 5.32 Å². The van der Waals surface area contributed by atoms with Crippen LogP contribution in [0.2, 0.25) is 0 Å². The van der Waals surface area contributed by atoms with E-state index in [4.69, 9.17) is 0 Å². The Morgan fingerprint density at radius 1 is 1.07 bits per heavy atom. The van der Waals surface area contributed by atoms with Gasteiger partial charge >= 0.3 is 6.18 Å². The van der Waals surface area contributed by atoms with Gasteiger partial charge in [0.2, 0.25) is 10.0 Å². The minimum atomic E-state index is -4.46. The number of hydrogen-bond acceptors (Lipinski definition) is 4. The lowest BCUT2D eigenvalue weighted by molar-refractivity contribution is -0.137. The highest BCUT2D eigenvalue weighted by Crippen LogP contribution is 2.30. The Morgan fingerprint density at radius 3 is 2.48 bits per heavy atom. The number of hydrogen-bond donors (Lipinski definition) is 1. The predicted octanol–water partition coefficient (Wildman–Crippen LogP) is 3.89. The highest BCUT2D eigenvalue weighted by atomic mass is 32.2. The van der Waals surface area contributed by atoms with E-state index in [1.165, 1.54) is 10.4 Å². The van der Waals surface area contributed by atoms with Crippen molar-refractivity contribution in [3.05, 3.63) is 53.7 Å². The summed E-state index contributed by atoms with van der Waals surface area (Å²) in [7, 11) is -3.64. The summed E-state index contributed by atoms with van der Waals surface area (Å²) in [6, 6.07) is 8.31. The SMILES string of the molecule is O=S(=O)(c1ccccc1CNc1cc(C(F)(F)F)ccn1)N1CCCCC1. The smallest absolute Gasteiger partial charge is 0.366 e. The standard InChI is InChI=1S/C18H20F3N3O2S/c19-18(20,21)15-8-9-22-17(12-15)23-13-14-6-2-3-7-16(14)27(25,26)24-10-4-1-5-11-24/h2-3,6-9,12H,1,4-5,10-11,13H2,(H,22,23). The first-order valence-electron chi connectivity index (χ1n) is 8.64. The topological polar surface area (TPSA) is 62.3 Å². The molecule has 2 aromatic rings. The summed E-state index contributed by atoms with van der Waals surface area (Å²) in [6.07, 6.45) is -0.728. The lowest BCUT2D eigenvalue weighted by Crippen LogP contribution is -2.36. The highest BCUT2D eigenvalue weighted by Gasteiger charge is 2.31. The molecule has 0 bridgehead atoms. The lowest BCUT2D eigenvalue weighted by atomic mass is 10.2. The van der Waals surface area contributed by atoms with Gasteiger partial charge in [0.25, 0.3) is 0 Å². The van der Waals surface area contributed by atoms with Gasteiger partial charge in [0.15, 0.2) is 0 Å². The molecule has 1 aromatic carbocycles. The second-order valence-corrected chi connectivity index (χ2v) is 8.26. The van der Waals surface area contributed by atoms with Crippen LogP contribution in [0, 0.1) is 0 Å². The number of rotatable bonds is 5. The zero-order valence-electron chi connectivity index (χ0n) is 14.5. The Bertz CT molecular complexity index is 895. The van der Waals surface area contributed by atoms with E-state index in [1.54, 1.807) is 18.2 Å². The number of benzene rings is 1. The lowest BCUT2D eigenvalue weighted by Gasteiger charge is -2.26. The summed E-state index contributed by atoms with van der Waals surface area (Å²) >= 11 is 0. The maximum absolute atomic E-state index is 12.9. The maximum atomic E-state index is 12.9. The Balaban J connectivity index is 1.81. The third-order valence-corrected chi connectivity index (χ3v) is 6.45. The van der Waals surface area contributed by atoms with Crippen molar-refractivity contribution in [1.29, 1.82) is 0 Å². The zero-order chi connectivity index (χ0) is 19.5. The van der Waals surface area contributed by atoms with Gasteiger partial charge in [-0.2, -0.15) is 17.5 Å². The van der Waals surface area contributed by atoms with Crippen LogP contribution in [0.25, 0.3) is 0 Å². The average molecular weight is 399 g/mol. The molecule has 0 aliphatic carbocycles. The minimum absolute atomic E-state index is 0.0370. The van der Waals surface area contributed by atoms with Crippen LogP contribution >= 0.6 is 0 Å². The number of anilines is 1. The minimum Gasteiger partial charge on any atom is -0.366 e. The van der Waals surface area contributed by atoms with Crippen LogP contribution in [0.15, 0.2) is 47.5 Å². The van der Waals surface area contributed by atoms with E-state index >= 15 is 0 Å². The zero-order valence-corrected chi connectivity index (χ0v) is 15.4. The normalized spacial score (nSPS) is 16.3. The Labute approximate surface area is 156 Å². The molecule has 0 atom stereocenters. The van der Waals surface area contributed by atoms with Crippen LogP contribution in [0.5, 0.6) is 0 Å². The van der Waals surface area contributed by atoms with Crippen molar-refractivity contribution >= 4 is 15.8 Å². The Hall–Kier alpha value is -2.13. The van der Waals surface area contributed by atoms with Gasteiger partial charge in [0.1, 0.15) is 5.82 Å². The molecule has 0 unspecified atom stereocenters. The fraction of sp³-hybridized carbons (Fsp3) is 0.389. The van der Waals surface area contributed by atoms with Crippen LogP contribution in [-0.4, -0.2) is 30.8 Å². The summed E-state index contributed by atoms with van der Waals surface area (Å²) < 4.78 is 65.8. The van der Waals surface area contributed by atoms with E-state index in [2.05, 4.69) is 10.3 Å². The van der Waals surface area contributed by atoms with Gasteiger partial charge in [0, 0.05) is 25.8 Å². The molecule has 1 aliphatic rings. The third-order valence-electron chi connectivity index (χ3n) is 4.45. The fourth-order valence-corrected chi connectivity index (χ4v) is 4.77. The van der Waals surface area contributed by atoms with E-state index in [0.29, 0.717) is 18.7 Å². The largest absolute Gasteiger partial charge is 0.416 e. The van der Waals surface area contributed by atoms with Crippen LogP contribution in [0.1, 0.15) is 30.4 Å². The number of sulfonamides is 1. The summed E-state index contributed by atoms with van der Waals surface area (Å²) in [6.45, 7) is 1.02. The quantitative estimate of drug-likeness (QED) is 0.829. The van der Waals surface area contributed by atoms with Crippen LogP contribution in [0.4, 0.5) is 19.0 Å². The van der Waals surface area contributed by atoms with E-state index in [1.807, 2.05) is 0 Å². The fourth-order valence-electron chi connectivity index (χ4n) is 3.04. The molecule has 0 spiro atoms. The molecule has 146 valence electrons. The molecule has 0 saturated carbocycles. The van der Waals surface area contributed by atoms with Crippen molar-refractivity contribution in [1.82, 2.24) is 9.29 Å². The number of alkyl halides is 3. The first kappa shape index (κ1) is 19.6. The first-order valence-corrected chi connectivity index (χ1v) is 10.1. The van der Waals surface area contributed by atoms with E-state index < -0.39 is 21.8 Å². The summed E-state index contributed by atoms with van der Waals surface area (Å²) in [4.78, 5) is 4.05. The summed E-state index contributed by atoms with van der Waals surface area (Å²) in [5, 5.41) is 2.79. The molecule has 9 heteroatoms. The molecule has 0 radical (unpaired) electrons. The molecule has 0 amide bonds. The molecule has 3 rings (SSSR count). The molecule has 2 heterocycles. The third kappa shape index (κ3) is 4.59. The molecule has 1 fully saturated rings. The second-order valence-electron chi connectivity index (χ2n) is 6.35. The van der Waals surface area contributed by atoms with E-state index in [-0.39, 0.29) is 17.3 Å². The average Bonchev–Trinajstić information content (AvgIpc) is 2.67. The molecule has 1 N–H and O–H groups in total. The van der Waals surface area contributed by atoms with E-state index in [9.17, 15) is 21.6 Å². The number of aromatic nitrogens is 1. The summed E-state index contributed by atoms with van der Waals surface area (Å²) in [5.41, 5.74) is -0.323. The van der Waals surface area contributed by atoms with Gasteiger partial charge in [-0.1, -0.05) is 24.6 Å². The molecule has 27 heavy (non-hydrogen) atoms. The van der Waals surface area contributed by atoms with Crippen molar-refractivity contribution in [2.24, 2.45) is 0 Å². The Morgan fingerprint density at radius 2 is 1.78 bits per heavy atom. The van der Waals surface area contributed by atoms with E-state index in [0.717, 1.165) is 37.6 Å². The van der Waals surface area contributed by atoms with Crippen molar-refractivity contribution in [2.45, 2.75) is 36.9 Å².